The molecule has 6 heteroatoms. The van der Waals surface area contributed by atoms with Crippen LogP contribution in [-0.2, 0) is 11.2 Å². The first-order chi connectivity index (χ1) is 13.0. The van der Waals surface area contributed by atoms with Gasteiger partial charge in [-0.3, -0.25) is 4.79 Å². The zero-order chi connectivity index (χ0) is 19.1. The minimum Gasteiger partial charge on any atom is -0.481 e. The van der Waals surface area contributed by atoms with Crippen LogP contribution in [0, 0.1) is 5.92 Å². The van der Waals surface area contributed by atoms with Crippen molar-refractivity contribution < 1.29 is 19.8 Å². The van der Waals surface area contributed by atoms with Crippen LogP contribution in [0.4, 0.5) is 5.82 Å². The fourth-order valence-electron chi connectivity index (χ4n) is 4.72. The Bertz CT molecular complexity index is 911. The van der Waals surface area contributed by atoms with Gasteiger partial charge in [-0.1, -0.05) is 25.1 Å². The molecule has 3 atom stereocenters. The topological polar surface area (TPSA) is 90.7 Å². The predicted molar refractivity (Wildman–Crippen MR) is 100 cm³/mol. The number of pyridine rings is 1. The number of aryl methyl sites for hydroxylation is 1. The number of rotatable bonds is 6. The van der Waals surface area contributed by atoms with Gasteiger partial charge in [-0.25, -0.2) is 9.78 Å². The Kier molecular flexibility index (Phi) is 4.34. The van der Waals surface area contributed by atoms with E-state index in [4.69, 9.17) is 0 Å². The van der Waals surface area contributed by atoms with Crippen molar-refractivity contribution in [1.82, 2.24) is 4.98 Å². The summed E-state index contributed by atoms with van der Waals surface area (Å²) in [4.78, 5) is 30.1. The van der Waals surface area contributed by atoms with E-state index in [1.54, 1.807) is 18.3 Å². The van der Waals surface area contributed by atoms with Gasteiger partial charge in [0, 0.05) is 18.7 Å². The molecule has 5 rings (SSSR count). The summed E-state index contributed by atoms with van der Waals surface area (Å²) >= 11 is 0. The highest BCUT2D eigenvalue weighted by Crippen LogP contribution is 2.52. The van der Waals surface area contributed by atoms with Gasteiger partial charge in [0.1, 0.15) is 11.4 Å². The summed E-state index contributed by atoms with van der Waals surface area (Å²) in [6.07, 6.45) is 3.79. The third kappa shape index (κ3) is 2.76. The fourth-order valence-corrected chi connectivity index (χ4v) is 4.72. The van der Waals surface area contributed by atoms with Crippen LogP contribution in [0.2, 0.25) is 0 Å². The first-order valence-electron chi connectivity index (χ1n) is 9.33. The van der Waals surface area contributed by atoms with Crippen LogP contribution in [0.1, 0.15) is 58.8 Å². The number of anilines is 1. The molecular formula is C21H22N2O4. The van der Waals surface area contributed by atoms with Crippen molar-refractivity contribution in [3.05, 3.63) is 58.8 Å². The van der Waals surface area contributed by atoms with Crippen molar-refractivity contribution >= 4 is 17.8 Å². The van der Waals surface area contributed by atoms with E-state index in [9.17, 15) is 19.8 Å². The number of fused-ring (bicyclic) bond motifs is 1. The Morgan fingerprint density at radius 2 is 2.07 bits per heavy atom. The van der Waals surface area contributed by atoms with E-state index >= 15 is 0 Å². The lowest BCUT2D eigenvalue weighted by atomic mass is 9.65. The second-order valence-corrected chi connectivity index (χ2v) is 7.29. The molecule has 2 aromatic rings. The Hall–Kier alpha value is -2.89. The Morgan fingerprint density at radius 3 is 2.78 bits per heavy atom. The number of hydrogen-bond acceptors (Lipinski definition) is 4. The quantitative estimate of drug-likeness (QED) is 0.813. The highest BCUT2D eigenvalue weighted by Gasteiger charge is 2.46. The van der Waals surface area contributed by atoms with Crippen molar-refractivity contribution in [2.75, 3.05) is 11.4 Å². The van der Waals surface area contributed by atoms with Gasteiger partial charge >= 0.3 is 11.9 Å². The molecule has 3 aliphatic rings. The minimum atomic E-state index is -1.02. The third-order valence-corrected chi connectivity index (χ3v) is 5.77. The molecule has 140 valence electrons. The molecule has 0 saturated heterocycles. The van der Waals surface area contributed by atoms with E-state index in [1.807, 2.05) is 24.0 Å². The average Bonchev–Trinajstić information content (AvgIpc) is 2.67. The van der Waals surface area contributed by atoms with Crippen LogP contribution in [0.5, 0.6) is 0 Å². The number of aromatic carboxylic acids is 1. The van der Waals surface area contributed by atoms with Crippen LogP contribution in [0.15, 0.2) is 36.5 Å². The van der Waals surface area contributed by atoms with Crippen LogP contribution >= 0.6 is 0 Å². The summed E-state index contributed by atoms with van der Waals surface area (Å²) in [7, 11) is 0. The van der Waals surface area contributed by atoms with Crippen LogP contribution in [0.3, 0.4) is 0 Å². The molecule has 0 spiro atoms. The highest BCUT2D eigenvalue weighted by molar-refractivity contribution is 5.93. The monoisotopic (exact) mass is 366 g/mol. The lowest BCUT2D eigenvalue weighted by molar-refractivity contribution is -0.143. The molecule has 0 aliphatic heterocycles. The van der Waals surface area contributed by atoms with E-state index in [0.29, 0.717) is 18.8 Å². The molecule has 0 radical (unpaired) electrons. The number of nitrogens with zero attached hydrogens (tertiary/aromatic N) is 2. The number of benzene rings is 1. The summed E-state index contributed by atoms with van der Waals surface area (Å²) < 4.78 is 0. The van der Waals surface area contributed by atoms with Gasteiger partial charge in [-0.2, -0.15) is 0 Å². The molecule has 1 heterocycles. The van der Waals surface area contributed by atoms with Gasteiger partial charge in [0.05, 0.1) is 12.0 Å². The zero-order valence-corrected chi connectivity index (χ0v) is 15.1. The maximum atomic E-state index is 12.0. The van der Waals surface area contributed by atoms with Crippen molar-refractivity contribution in [3.63, 3.8) is 0 Å². The maximum absolute atomic E-state index is 12.0. The number of hydrogen-bond donors (Lipinski definition) is 2. The molecule has 0 fully saturated rings. The fraction of sp³-hybridized carbons (Fsp3) is 0.381. The average molecular weight is 366 g/mol. The van der Waals surface area contributed by atoms with Gasteiger partial charge in [-0.15, -0.1) is 0 Å². The molecule has 3 unspecified atom stereocenters. The highest BCUT2D eigenvalue weighted by atomic mass is 16.4. The van der Waals surface area contributed by atoms with Gasteiger partial charge in [0.15, 0.2) is 0 Å². The third-order valence-electron chi connectivity index (χ3n) is 5.77. The first kappa shape index (κ1) is 17.5. The number of carboxylic acids is 2. The smallest absolute Gasteiger partial charge is 0.339 e. The van der Waals surface area contributed by atoms with Gasteiger partial charge in [-0.05, 0) is 48.1 Å². The van der Waals surface area contributed by atoms with Crippen molar-refractivity contribution in [2.45, 2.75) is 38.1 Å². The Balaban J connectivity index is 1.86. The Morgan fingerprint density at radius 1 is 1.26 bits per heavy atom. The van der Waals surface area contributed by atoms with E-state index in [0.717, 1.165) is 24.0 Å². The van der Waals surface area contributed by atoms with Crippen LogP contribution in [-0.4, -0.2) is 33.7 Å². The van der Waals surface area contributed by atoms with Crippen molar-refractivity contribution in [3.8, 4) is 0 Å². The lowest BCUT2D eigenvalue weighted by Gasteiger charge is -2.47. The molecule has 2 N–H and O–H groups in total. The predicted octanol–water partition coefficient (Wildman–Crippen LogP) is 3.48. The van der Waals surface area contributed by atoms with Gasteiger partial charge in [0.2, 0.25) is 0 Å². The second kappa shape index (κ2) is 6.68. The van der Waals surface area contributed by atoms with Crippen LogP contribution < -0.4 is 4.90 Å². The maximum Gasteiger partial charge on any atom is 0.339 e. The summed E-state index contributed by atoms with van der Waals surface area (Å²) in [5, 5.41) is 19.5. The summed E-state index contributed by atoms with van der Waals surface area (Å²) in [5.74, 6) is -2.04. The van der Waals surface area contributed by atoms with Crippen molar-refractivity contribution in [1.29, 1.82) is 0 Å². The normalized spacial score (nSPS) is 22.5. The van der Waals surface area contributed by atoms with Gasteiger partial charge in [0.25, 0.3) is 0 Å². The Labute approximate surface area is 157 Å². The molecule has 1 aromatic carbocycles. The van der Waals surface area contributed by atoms with Crippen LogP contribution in [0.25, 0.3) is 0 Å². The molecule has 27 heavy (non-hydrogen) atoms. The van der Waals surface area contributed by atoms with E-state index in [1.165, 1.54) is 5.56 Å². The summed E-state index contributed by atoms with van der Waals surface area (Å²) in [5.41, 5.74) is 3.50. The van der Waals surface area contributed by atoms with Gasteiger partial charge < -0.3 is 15.1 Å². The van der Waals surface area contributed by atoms with E-state index in [-0.39, 0.29) is 17.5 Å². The molecule has 1 aromatic heterocycles. The summed E-state index contributed by atoms with van der Waals surface area (Å²) in [6.45, 7) is 2.64. The largest absolute Gasteiger partial charge is 0.481 e. The minimum absolute atomic E-state index is 0.147. The molecule has 3 aliphatic carbocycles. The number of aliphatic carboxylic acids is 1. The van der Waals surface area contributed by atoms with E-state index in [2.05, 4.69) is 11.1 Å². The molecule has 0 amide bonds. The number of aromatic nitrogens is 1. The molecule has 6 nitrogen and oxygen atoms in total. The van der Waals surface area contributed by atoms with E-state index < -0.39 is 17.9 Å². The van der Waals surface area contributed by atoms with Crippen molar-refractivity contribution in [2.24, 2.45) is 5.92 Å². The lowest BCUT2D eigenvalue weighted by Crippen LogP contribution is -2.43. The first-order valence-corrected chi connectivity index (χ1v) is 9.33. The molecule has 4 bridgehead atoms. The second-order valence-electron chi connectivity index (χ2n) is 7.29. The molecular weight excluding hydrogens is 344 g/mol. The number of carbonyl (C=O) groups is 2. The SMILES string of the molecule is CCCN(c1ncccc1C(=O)O)C1c2ccc3c(c2)CCC(C(=O)O)C31. The molecule has 0 saturated carbocycles. The zero-order valence-electron chi connectivity index (χ0n) is 15.1. The number of carboxylic acid groups (broad SMARTS) is 2. The standard InChI is InChI=1S/C21H22N2O4/c1-2-10-23(19-16(21(26)27)4-3-9-22-19)18-13-6-7-14-12(11-13)5-8-15(17(14)18)20(24)25/h3-4,6-7,9,11,15,17-18H,2,5,8,10H2,1H3,(H,24,25)(H,26,27). The summed E-state index contributed by atoms with van der Waals surface area (Å²) in [6, 6.07) is 9.20.